The number of rotatable bonds is 4. The third-order valence-electron chi connectivity index (χ3n) is 4.14. The number of imide groups is 1. The summed E-state index contributed by atoms with van der Waals surface area (Å²) in [5.41, 5.74) is 2.52. The molecule has 1 heterocycles. The smallest absolute Gasteiger partial charge is 0.283 e. The van der Waals surface area contributed by atoms with Crippen LogP contribution in [0.3, 0.4) is 0 Å². The molecule has 2 aromatic carbocycles. The van der Waals surface area contributed by atoms with Crippen LogP contribution in [0.15, 0.2) is 53.2 Å². The van der Waals surface area contributed by atoms with Gasteiger partial charge in [-0.15, -0.1) is 0 Å². The Bertz CT molecular complexity index is 981. The average Bonchev–Trinajstić information content (AvgIpc) is 2.81. The molecule has 0 atom stereocenters. The Kier molecular flexibility index (Phi) is 4.52. The molecule has 0 spiro atoms. The van der Waals surface area contributed by atoms with Crippen LogP contribution in [0.5, 0.6) is 0 Å². The summed E-state index contributed by atoms with van der Waals surface area (Å²) in [6.45, 7) is 3.80. The SMILES string of the molecule is Cc1ccc(N2C(=O)C(Cl)=C(Nc3cccc(C(=O)[O-])c3)C2=O)cc1C. The topological polar surface area (TPSA) is 89.5 Å². The van der Waals surface area contributed by atoms with Gasteiger partial charge in [-0.2, -0.15) is 0 Å². The lowest BCUT2D eigenvalue weighted by atomic mass is 10.1. The number of halogens is 1. The Hall–Kier alpha value is -3.12. The molecule has 0 radical (unpaired) electrons. The van der Waals surface area contributed by atoms with E-state index in [2.05, 4.69) is 5.32 Å². The number of benzene rings is 2. The Labute approximate surface area is 154 Å². The number of anilines is 2. The normalized spacial score (nSPS) is 14.2. The number of carboxylic acids is 1. The number of hydrogen-bond donors (Lipinski definition) is 1. The van der Waals surface area contributed by atoms with Crippen LogP contribution >= 0.6 is 11.6 Å². The van der Waals surface area contributed by atoms with Gasteiger partial charge in [-0.25, -0.2) is 4.90 Å². The van der Waals surface area contributed by atoms with Crippen LogP contribution in [0.2, 0.25) is 0 Å². The van der Waals surface area contributed by atoms with Crippen LogP contribution in [-0.2, 0) is 9.59 Å². The third kappa shape index (κ3) is 3.07. The summed E-state index contributed by atoms with van der Waals surface area (Å²) < 4.78 is 0. The number of aryl methyl sites for hydroxylation is 2. The van der Waals surface area contributed by atoms with E-state index in [1.54, 1.807) is 18.2 Å². The molecule has 1 N–H and O–H groups in total. The van der Waals surface area contributed by atoms with Gasteiger partial charge in [0, 0.05) is 5.69 Å². The van der Waals surface area contributed by atoms with Gasteiger partial charge in [0.1, 0.15) is 10.7 Å². The molecule has 132 valence electrons. The van der Waals surface area contributed by atoms with Gasteiger partial charge >= 0.3 is 0 Å². The maximum Gasteiger partial charge on any atom is 0.283 e. The second-order valence-corrected chi connectivity index (χ2v) is 6.27. The van der Waals surface area contributed by atoms with Crippen LogP contribution in [0.25, 0.3) is 0 Å². The van der Waals surface area contributed by atoms with Gasteiger partial charge in [0.15, 0.2) is 0 Å². The molecule has 1 aliphatic heterocycles. The minimum absolute atomic E-state index is 0.0606. The minimum atomic E-state index is -1.35. The first kappa shape index (κ1) is 17.7. The van der Waals surface area contributed by atoms with Crippen LogP contribution < -0.4 is 15.3 Å². The second kappa shape index (κ2) is 6.65. The highest BCUT2D eigenvalue weighted by molar-refractivity contribution is 6.53. The maximum atomic E-state index is 12.7. The molecule has 7 heteroatoms. The molecule has 0 aliphatic carbocycles. The fraction of sp³-hybridized carbons (Fsp3) is 0.105. The van der Waals surface area contributed by atoms with Crippen molar-refractivity contribution in [2.45, 2.75) is 13.8 Å². The Morgan fingerprint density at radius 3 is 2.42 bits per heavy atom. The summed E-state index contributed by atoms with van der Waals surface area (Å²) in [4.78, 5) is 37.1. The Morgan fingerprint density at radius 2 is 1.77 bits per heavy atom. The first-order valence-corrected chi connectivity index (χ1v) is 8.11. The first-order valence-electron chi connectivity index (χ1n) is 7.74. The van der Waals surface area contributed by atoms with Crippen molar-refractivity contribution in [1.82, 2.24) is 0 Å². The lowest BCUT2D eigenvalue weighted by Crippen LogP contribution is -2.32. The van der Waals surface area contributed by atoms with Gasteiger partial charge in [0.2, 0.25) is 0 Å². The quantitative estimate of drug-likeness (QED) is 0.833. The molecular weight excluding hydrogens is 356 g/mol. The molecule has 0 aromatic heterocycles. The molecule has 2 amide bonds. The van der Waals surface area contributed by atoms with E-state index >= 15 is 0 Å². The van der Waals surface area contributed by atoms with Gasteiger partial charge in [-0.1, -0.05) is 29.8 Å². The number of carboxylic acid groups (broad SMARTS) is 1. The molecule has 26 heavy (non-hydrogen) atoms. The van der Waals surface area contributed by atoms with Gasteiger partial charge in [-0.05, 0) is 54.8 Å². The van der Waals surface area contributed by atoms with E-state index in [9.17, 15) is 19.5 Å². The zero-order valence-corrected chi connectivity index (χ0v) is 14.8. The fourth-order valence-electron chi connectivity index (χ4n) is 2.58. The summed E-state index contributed by atoms with van der Waals surface area (Å²) in [6.07, 6.45) is 0. The van der Waals surface area contributed by atoms with Crippen molar-refractivity contribution in [3.05, 3.63) is 69.9 Å². The van der Waals surface area contributed by atoms with Gasteiger partial charge in [0.05, 0.1) is 11.7 Å². The second-order valence-electron chi connectivity index (χ2n) is 5.90. The fourth-order valence-corrected chi connectivity index (χ4v) is 2.79. The van der Waals surface area contributed by atoms with Crippen LogP contribution in [-0.4, -0.2) is 17.8 Å². The third-order valence-corrected chi connectivity index (χ3v) is 4.49. The van der Waals surface area contributed by atoms with E-state index < -0.39 is 17.8 Å². The van der Waals surface area contributed by atoms with E-state index in [4.69, 9.17) is 11.6 Å². The van der Waals surface area contributed by atoms with Gasteiger partial charge in [-0.3, -0.25) is 9.59 Å². The van der Waals surface area contributed by atoms with Crippen LogP contribution in [0, 0.1) is 13.8 Å². The van der Waals surface area contributed by atoms with E-state index in [1.165, 1.54) is 18.2 Å². The highest BCUT2D eigenvalue weighted by atomic mass is 35.5. The lowest BCUT2D eigenvalue weighted by molar-refractivity contribution is -0.255. The van der Waals surface area contributed by atoms with Gasteiger partial charge in [0.25, 0.3) is 11.8 Å². The van der Waals surface area contributed by atoms with Crippen molar-refractivity contribution < 1.29 is 19.5 Å². The number of hydrogen-bond acceptors (Lipinski definition) is 5. The summed E-state index contributed by atoms with van der Waals surface area (Å²) in [7, 11) is 0. The van der Waals surface area contributed by atoms with Crippen molar-refractivity contribution in [1.29, 1.82) is 0 Å². The molecule has 1 aliphatic rings. The van der Waals surface area contributed by atoms with Crippen LogP contribution in [0.1, 0.15) is 21.5 Å². The minimum Gasteiger partial charge on any atom is -0.545 e. The monoisotopic (exact) mass is 369 g/mol. The predicted octanol–water partition coefficient (Wildman–Crippen LogP) is 2.10. The van der Waals surface area contributed by atoms with Crippen molar-refractivity contribution in [2.75, 3.05) is 10.2 Å². The van der Waals surface area contributed by atoms with Crippen molar-refractivity contribution in [2.24, 2.45) is 0 Å². The first-order chi connectivity index (χ1) is 12.3. The zero-order chi connectivity index (χ0) is 19.0. The highest BCUT2D eigenvalue weighted by Crippen LogP contribution is 2.31. The maximum absolute atomic E-state index is 12.7. The standard InChI is InChI=1S/C19H15ClN2O4/c1-10-6-7-14(8-11(10)2)22-17(23)15(20)16(18(22)24)21-13-5-3-4-12(9-13)19(25)26/h3-9,21H,1-2H3,(H,25,26)/p-1. The predicted molar refractivity (Wildman–Crippen MR) is 95.7 cm³/mol. The van der Waals surface area contributed by atoms with E-state index in [1.807, 2.05) is 19.9 Å². The molecule has 0 bridgehead atoms. The number of carbonyl (C=O) groups excluding carboxylic acids is 3. The van der Waals surface area contributed by atoms with Crippen molar-refractivity contribution in [3.63, 3.8) is 0 Å². The number of nitrogens with one attached hydrogen (secondary N) is 1. The summed E-state index contributed by atoms with van der Waals surface area (Å²) >= 11 is 6.07. The molecule has 0 unspecified atom stereocenters. The molecule has 2 aromatic rings. The Balaban J connectivity index is 1.93. The molecule has 6 nitrogen and oxygen atoms in total. The van der Waals surface area contributed by atoms with E-state index in [-0.39, 0.29) is 16.3 Å². The molecule has 0 saturated heterocycles. The zero-order valence-electron chi connectivity index (χ0n) is 14.0. The van der Waals surface area contributed by atoms with E-state index in [0.717, 1.165) is 16.0 Å². The number of amides is 2. The highest BCUT2D eigenvalue weighted by Gasteiger charge is 2.39. The number of aromatic carboxylic acids is 1. The van der Waals surface area contributed by atoms with Crippen molar-refractivity contribution in [3.8, 4) is 0 Å². The molecule has 3 rings (SSSR count). The molecular formula is C19H14ClN2O4-. The van der Waals surface area contributed by atoms with Crippen LogP contribution in [0.4, 0.5) is 11.4 Å². The Morgan fingerprint density at radius 1 is 1.04 bits per heavy atom. The number of nitrogens with zero attached hydrogens (tertiary/aromatic N) is 1. The largest absolute Gasteiger partial charge is 0.545 e. The number of carbonyl (C=O) groups is 3. The average molecular weight is 370 g/mol. The lowest BCUT2D eigenvalue weighted by Gasteiger charge is -2.16. The summed E-state index contributed by atoms with van der Waals surface area (Å²) in [6, 6.07) is 10.9. The van der Waals surface area contributed by atoms with Crippen molar-refractivity contribution >= 4 is 40.8 Å². The van der Waals surface area contributed by atoms with E-state index in [0.29, 0.717) is 11.4 Å². The summed E-state index contributed by atoms with van der Waals surface area (Å²) in [5, 5.41) is 13.4. The molecule has 0 saturated carbocycles. The molecule has 0 fully saturated rings. The summed E-state index contributed by atoms with van der Waals surface area (Å²) in [5.74, 6) is -2.60. The van der Waals surface area contributed by atoms with Gasteiger partial charge < -0.3 is 15.2 Å².